The van der Waals surface area contributed by atoms with Gasteiger partial charge in [-0.1, -0.05) is 62.4 Å². The van der Waals surface area contributed by atoms with Crippen molar-refractivity contribution in [2.75, 3.05) is 18.0 Å². The number of ether oxygens (including phenoxy) is 2. The third-order valence-electron chi connectivity index (χ3n) is 7.78. The molecule has 42 heavy (non-hydrogen) atoms. The number of rotatable bonds is 11. The molecule has 2 aromatic carbocycles. The van der Waals surface area contributed by atoms with Crippen LogP contribution in [0.15, 0.2) is 48.5 Å². The number of hydrogen-bond acceptors (Lipinski definition) is 6. The Balaban J connectivity index is 1.47. The standard InChI is InChI=1S/C33H44FN3O5/c1-33(2,3)42-32(40)36-28(18-23-10-6-4-7-11-23)31(39)35-27(20-30(38)41-22-24-12-8-5-9-13-24)21-37-17-16-25-19-26(34)14-15-29(25)37/h5,8-9,12-15,19,23,27-28H,4,6-7,10-11,16-18,20-22H2,1-3H3,(H,35,39)(H,36,40). The van der Waals surface area contributed by atoms with Crippen LogP contribution in [-0.2, 0) is 32.1 Å². The third-order valence-corrected chi connectivity index (χ3v) is 7.78. The molecule has 0 saturated heterocycles. The maximum absolute atomic E-state index is 13.8. The maximum Gasteiger partial charge on any atom is 0.408 e. The predicted octanol–water partition coefficient (Wildman–Crippen LogP) is 5.67. The highest BCUT2D eigenvalue weighted by molar-refractivity contribution is 5.86. The number of anilines is 1. The van der Waals surface area contributed by atoms with E-state index in [0.717, 1.165) is 42.5 Å². The van der Waals surface area contributed by atoms with Gasteiger partial charge in [-0.15, -0.1) is 0 Å². The molecule has 0 radical (unpaired) electrons. The van der Waals surface area contributed by atoms with Crippen molar-refractivity contribution in [3.63, 3.8) is 0 Å². The van der Waals surface area contributed by atoms with E-state index in [4.69, 9.17) is 9.47 Å². The molecule has 1 heterocycles. The van der Waals surface area contributed by atoms with Gasteiger partial charge in [0.1, 0.15) is 24.1 Å². The van der Waals surface area contributed by atoms with Crippen molar-refractivity contribution >= 4 is 23.7 Å². The molecule has 2 N–H and O–H groups in total. The fraction of sp³-hybridized carbons (Fsp3) is 0.545. The van der Waals surface area contributed by atoms with E-state index < -0.39 is 29.7 Å². The zero-order valence-electron chi connectivity index (χ0n) is 25.0. The van der Waals surface area contributed by atoms with Crippen molar-refractivity contribution in [2.45, 2.75) is 96.4 Å². The van der Waals surface area contributed by atoms with Crippen molar-refractivity contribution in [1.29, 1.82) is 0 Å². The Labute approximate surface area is 248 Å². The maximum atomic E-state index is 13.8. The van der Waals surface area contributed by atoms with Gasteiger partial charge >= 0.3 is 12.1 Å². The Kier molecular flexibility index (Phi) is 10.8. The second kappa shape index (κ2) is 14.5. The molecule has 4 rings (SSSR count). The fourth-order valence-electron chi connectivity index (χ4n) is 5.79. The molecule has 2 atom stereocenters. The molecular formula is C33H44FN3O5. The first-order valence-corrected chi connectivity index (χ1v) is 15.1. The molecule has 0 bridgehead atoms. The van der Waals surface area contributed by atoms with Gasteiger partial charge in [0.25, 0.3) is 0 Å². The van der Waals surface area contributed by atoms with Crippen LogP contribution in [-0.4, -0.2) is 48.7 Å². The lowest BCUT2D eigenvalue weighted by Crippen LogP contribution is -2.54. The Morgan fingerprint density at radius 3 is 2.48 bits per heavy atom. The van der Waals surface area contributed by atoms with E-state index in [-0.39, 0.29) is 24.8 Å². The monoisotopic (exact) mass is 581 g/mol. The van der Waals surface area contributed by atoms with Crippen LogP contribution < -0.4 is 15.5 Å². The highest BCUT2D eigenvalue weighted by Crippen LogP contribution is 2.30. The number of benzene rings is 2. The summed E-state index contributed by atoms with van der Waals surface area (Å²) < 4.78 is 24.8. The van der Waals surface area contributed by atoms with Crippen LogP contribution >= 0.6 is 0 Å². The van der Waals surface area contributed by atoms with Crippen molar-refractivity contribution in [3.05, 3.63) is 65.5 Å². The number of carbonyl (C=O) groups excluding carboxylic acids is 3. The molecule has 0 spiro atoms. The molecule has 9 heteroatoms. The molecular weight excluding hydrogens is 537 g/mol. The summed E-state index contributed by atoms with van der Waals surface area (Å²) in [6, 6.07) is 12.7. The minimum atomic E-state index is -0.800. The number of fused-ring (bicyclic) bond motifs is 1. The van der Waals surface area contributed by atoms with Crippen LogP contribution in [0.2, 0.25) is 0 Å². The highest BCUT2D eigenvalue weighted by atomic mass is 19.1. The molecule has 1 saturated carbocycles. The summed E-state index contributed by atoms with van der Waals surface area (Å²) in [5, 5.41) is 5.84. The molecule has 2 amide bonds. The van der Waals surface area contributed by atoms with Crippen molar-refractivity contribution in [2.24, 2.45) is 5.92 Å². The summed E-state index contributed by atoms with van der Waals surface area (Å²) in [4.78, 5) is 41.5. The zero-order valence-corrected chi connectivity index (χ0v) is 25.0. The van der Waals surface area contributed by atoms with Crippen LogP contribution in [0.3, 0.4) is 0 Å². The van der Waals surface area contributed by atoms with Gasteiger partial charge < -0.3 is 25.0 Å². The van der Waals surface area contributed by atoms with Gasteiger partial charge in [0.15, 0.2) is 0 Å². The minimum absolute atomic E-state index is 0.0474. The van der Waals surface area contributed by atoms with Crippen molar-refractivity contribution in [1.82, 2.24) is 10.6 Å². The molecule has 1 fully saturated rings. The summed E-state index contributed by atoms with van der Waals surface area (Å²) in [5.74, 6) is -0.764. The number of amides is 2. The minimum Gasteiger partial charge on any atom is -0.461 e. The Morgan fingerprint density at radius 2 is 1.76 bits per heavy atom. The summed E-state index contributed by atoms with van der Waals surface area (Å²) in [6.07, 6.45) is 5.90. The lowest BCUT2D eigenvalue weighted by atomic mass is 9.84. The van der Waals surface area contributed by atoms with E-state index in [0.29, 0.717) is 31.8 Å². The van der Waals surface area contributed by atoms with E-state index in [2.05, 4.69) is 15.5 Å². The second-order valence-corrected chi connectivity index (χ2v) is 12.5. The number of nitrogens with one attached hydrogen (secondary N) is 2. The first-order chi connectivity index (χ1) is 20.1. The fourth-order valence-corrected chi connectivity index (χ4v) is 5.79. The number of hydrogen-bond donors (Lipinski definition) is 2. The van der Waals surface area contributed by atoms with Crippen LogP contribution in [0.4, 0.5) is 14.9 Å². The molecule has 8 nitrogen and oxygen atoms in total. The lowest BCUT2D eigenvalue weighted by molar-refractivity contribution is -0.145. The normalized spacial score (nSPS) is 16.7. The second-order valence-electron chi connectivity index (χ2n) is 12.5. The molecule has 0 aromatic heterocycles. The van der Waals surface area contributed by atoms with Gasteiger partial charge in [-0.25, -0.2) is 9.18 Å². The van der Waals surface area contributed by atoms with E-state index in [1.807, 2.05) is 30.3 Å². The topological polar surface area (TPSA) is 97.0 Å². The molecule has 2 aromatic rings. The number of nitrogens with zero attached hydrogens (tertiary/aromatic N) is 1. The van der Waals surface area contributed by atoms with E-state index in [9.17, 15) is 18.8 Å². The summed E-state index contributed by atoms with van der Waals surface area (Å²) in [6.45, 7) is 6.45. The van der Waals surface area contributed by atoms with Crippen molar-refractivity contribution in [3.8, 4) is 0 Å². The van der Waals surface area contributed by atoms with Gasteiger partial charge in [-0.2, -0.15) is 0 Å². The van der Waals surface area contributed by atoms with E-state index >= 15 is 0 Å². The Bertz CT molecular complexity index is 1210. The average molecular weight is 582 g/mol. The Morgan fingerprint density at radius 1 is 1.02 bits per heavy atom. The molecule has 1 aliphatic carbocycles. The van der Waals surface area contributed by atoms with E-state index in [1.165, 1.54) is 18.6 Å². The molecule has 1 aliphatic heterocycles. The van der Waals surface area contributed by atoms with Gasteiger partial charge in [0, 0.05) is 18.8 Å². The van der Waals surface area contributed by atoms with Gasteiger partial charge in [-0.05, 0) is 68.9 Å². The number of alkyl carbamates (subject to hydrolysis) is 1. The zero-order chi connectivity index (χ0) is 30.1. The van der Waals surface area contributed by atoms with Crippen LogP contribution in [0, 0.1) is 11.7 Å². The highest BCUT2D eigenvalue weighted by Gasteiger charge is 2.31. The number of halogens is 1. The largest absolute Gasteiger partial charge is 0.461 e. The number of carbonyl (C=O) groups is 3. The van der Waals surface area contributed by atoms with Crippen LogP contribution in [0.25, 0.3) is 0 Å². The van der Waals surface area contributed by atoms with E-state index in [1.54, 1.807) is 26.8 Å². The van der Waals surface area contributed by atoms with Crippen LogP contribution in [0.5, 0.6) is 0 Å². The predicted molar refractivity (Wildman–Crippen MR) is 159 cm³/mol. The van der Waals surface area contributed by atoms with Gasteiger partial charge in [-0.3, -0.25) is 9.59 Å². The first-order valence-electron chi connectivity index (χ1n) is 15.1. The van der Waals surface area contributed by atoms with Crippen molar-refractivity contribution < 1.29 is 28.2 Å². The molecule has 2 aliphatic rings. The smallest absolute Gasteiger partial charge is 0.408 e. The average Bonchev–Trinajstić information content (AvgIpc) is 3.33. The quantitative estimate of drug-likeness (QED) is 0.332. The van der Waals surface area contributed by atoms with Crippen LogP contribution in [0.1, 0.15) is 76.8 Å². The summed E-state index contributed by atoms with van der Waals surface area (Å²) in [7, 11) is 0. The lowest BCUT2D eigenvalue weighted by Gasteiger charge is -2.30. The third kappa shape index (κ3) is 9.74. The molecule has 228 valence electrons. The summed E-state index contributed by atoms with van der Waals surface area (Å²) >= 11 is 0. The van der Waals surface area contributed by atoms with Gasteiger partial charge in [0.2, 0.25) is 5.91 Å². The SMILES string of the molecule is CC(C)(C)OC(=O)NC(CC1CCCCC1)C(=O)NC(CC(=O)OCc1ccccc1)CN1CCc2cc(F)ccc21. The number of esters is 1. The van der Waals surface area contributed by atoms with Gasteiger partial charge in [0.05, 0.1) is 12.5 Å². The summed E-state index contributed by atoms with van der Waals surface area (Å²) in [5.41, 5.74) is 1.95. The Hall–Kier alpha value is -3.62. The first kappa shape index (κ1) is 31.3. The molecule has 2 unspecified atom stereocenters.